The van der Waals surface area contributed by atoms with Gasteiger partial charge in [0.2, 0.25) is 5.13 Å². The highest BCUT2D eigenvalue weighted by Gasteiger charge is 2.13. The minimum atomic E-state index is 0.734. The normalized spacial score (nSPS) is 13.9. The molecule has 3 rings (SSSR count). The van der Waals surface area contributed by atoms with Crippen LogP contribution < -0.4 is 5.32 Å². The zero-order valence-corrected chi connectivity index (χ0v) is 10.6. The Morgan fingerprint density at radius 2 is 2.47 bits per heavy atom. The Labute approximate surface area is 104 Å². The maximum atomic E-state index is 4.54. The molecule has 0 saturated heterocycles. The summed E-state index contributed by atoms with van der Waals surface area (Å²) in [6.07, 6.45) is 3.27. The lowest BCUT2D eigenvalue weighted by molar-refractivity contribution is 0.645. The van der Waals surface area contributed by atoms with Crippen molar-refractivity contribution in [2.75, 3.05) is 5.32 Å². The number of fused-ring (bicyclic) bond motifs is 1. The van der Waals surface area contributed by atoms with E-state index in [-0.39, 0.29) is 0 Å². The van der Waals surface area contributed by atoms with Crippen LogP contribution in [0.3, 0.4) is 0 Å². The molecule has 1 aliphatic rings. The summed E-state index contributed by atoms with van der Waals surface area (Å²) in [7, 11) is 0. The minimum absolute atomic E-state index is 0.734. The number of nitrogens with one attached hydrogen (secondary N) is 1. The first-order chi connectivity index (χ1) is 8.35. The third-order valence-corrected chi connectivity index (χ3v) is 3.63. The Morgan fingerprint density at radius 1 is 1.53 bits per heavy atom. The molecule has 0 atom stereocenters. The second-order valence-corrected chi connectivity index (χ2v) is 4.93. The summed E-state index contributed by atoms with van der Waals surface area (Å²) < 4.78 is 6.35. The molecule has 2 aromatic heterocycles. The van der Waals surface area contributed by atoms with Gasteiger partial charge >= 0.3 is 0 Å². The quantitative estimate of drug-likeness (QED) is 0.898. The van der Waals surface area contributed by atoms with Crippen molar-refractivity contribution in [1.29, 1.82) is 0 Å². The molecule has 3 heterocycles. The van der Waals surface area contributed by atoms with E-state index in [9.17, 15) is 0 Å². The van der Waals surface area contributed by atoms with Gasteiger partial charge in [0.05, 0.1) is 12.2 Å². The van der Waals surface area contributed by atoms with E-state index >= 15 is 0 Å². The van der Waals surface area contributed by atoms with E-state index in [2.05, 4.69) is 37.4 Å². The fraction of sp³-hybridized carbons (Fsp3) is 0.545. The molecule has 0 saturated carbocycles. The van der Waals surface area contributed by atoms with Gasteiger partial charge in [-0.25, -0.2) is 4.98 Å². The van der Waals surface area contributed by atoms with Gasteiger partial charge in [-0.05, 0) is 18.9 Å². The SMILES string of the molecule is CCc1nsc(NCc2cc3n(n2)CCC3)n1. The Bertz CT molecular complexity index is 494. The predicted octanol–water partition coefficient (Wildman–Crippen LogP) is 1.86. The van der Waals surface area contributed by atoms with E-state index in [1.54, 1.807) is 0 Å². The highest BCUT2D eigenvalue weighted by atomic mass is 32.1. The van der Waals surface area contributed by atoms with Crippen LogP contribution in [0, 0.1) is 0 Å². The second kappa shape index (κ2) is 4.44. The number of nitrogens with zero attached hydrogens (tertiary/aromatic N) is 4. The highest BCUT2D eigenvalue weighted by molar-refractivity contribution is 7.09. The Hall–Kier alpha value is -1.43. The average Bonchev–Trinajstić information content (AvgIpc) is 3.01. The second-order valence-electron chi connectivity index (χ2n) is 4.18. The van der Waals surface area contributed by atoms with Crippen LogP contribution >= 0.6 is 11.5 Å². The van der Waals surface area contributed by atoms with Gasteiger partial charge in [-0.2, -0.15) is 9.47 Å². The first kappa shape index (κ1) is 10.7. The van der Waals surface area contributed by atoms with Gasteiger partial charge in [-0.1, -0.05) is 6.92 Å². The Kier molecular flexibility index (Phi) is 2.80. The monoisotopic (exact) mass is 249 g/mol. The molecule has 5 nitrogen and oxygen atoms in total. The van der Waals surface area contributed by atoms with E-state index < -0.39 is 0 Å². The summed E-state index contributed by atoms with van der Waals surface area (Å²) in [4.78, 5) is 4.37. The first-order valence-electron chi connectivity index (χ1n) is 5.97. The molecule has 6 heteroatoms. The number of rotatable bonds is 4. The molecule has 90 valence electrons. The van der Waals surface area contributed by atoms with Crippen molar-refractivity contribution in [3.63, 3.8) is 0 Å². The molecule has 0 aromatic carbocycles. The van der Waals surface area contributed by atoms with Gasteiger partial charge in [-0.3, -0.25) is 4.68 Å². The van der Waals surface area contributed by atoms with Crippen LogP contribution in [0.2, 0.25) is 0 Å². The van der Waals surface area contributed by atoms with Gasteiger partial charge in [-0.15, -0.1) is 0 Å². The molecular formula is C11H15N5S. The van der Waals surface area contributed by atoms with Gasteiger partial charge in [0.25, 0.3) is 0 Å². The lowest BCUT2D eigenvalue weighted by atomic mass is 10.3. The number of hydrogen-bond donors (Lipinski definition) is 1. The summed E-state index contributed by atoms with van der Waals surface area (Å²) >= 11 is 1.42. The largest absolute Gasteiger partial charge is 0.355 e. The minimum Gasteiger partial charge on any atom is -0.355 e. The van der Waals surface area contributed by atoms with Crippen LogP contribution in [0.4, 0.5) is 5.13 Å². The topological polar surface area (TPSA) is 55.6 Å². The van der Waals surface area contributed by atoms with Gasteiger partial charge in [0, 0.05) is 30.2 Å². The number of aryl methyl sites for hydroxylation is 3. The molecule has 0 aliphatic carbocycles. The fourth-order valence-corrected chi connectivity index (χ4v) is 2.69. The van der Waals surface area contributed by atoms with E-state index in [1.165, 1.54) is 23.6 Å². The third-order valence-electron chi connectivity index (χ3n) is 2.92. The third kappa shape index (κ3) is 2.17. The van der Waals surface area contributed by atoms with Crippen molar-refractivity contribution in [1.82, 2.24) is 19.1 Å². The van der Waals surface area contributed by atoms with E-state index in [0.29, 0.717) is 0 Å². The maximum absolute atomic E-state index is 4.54. The van der Waals surface area contributed by atoms with Crippen molar-refractivity contribution in [3.8, 4) is 0 Å². The van der Waals surface area contributed by atoms with Crippen LogP contribution in [0.1, 0.15) is 30.6 Å². The van der Waals surface area contributed by atoms with Crippen molar-refractivity contribution in [3.05, 3.63) is 23.3 Å². The standard InChI is InChI=1S/C11H15N5S/c1-2-10-13-11(17-15-10)12-7-8-6-9-4-3-5-16(9)14-8/h6H,2-5,7H2,1H3,(H,12,13,15). The molecule has 17 heavy (non-hydrogen) atoms. The Balaban J connectivity index is 1.63. The smallest absolute Gasteiger partial charge is 0.202 e. The molecule has 0 spiro atoms. The van der Waals surface area contributed by atoms with Crippen molar-refractivity contribution in [2.24, 2.45) is 0 Å². The zero-order chi connectivity index (χ0) is 11.7. The van der Waals surface area contributed by atoms with Crippen LogP contribution in [0.15, 0.2) is 6.07 Å². The first-order valence-corrected chi connectivity index (χ1v) is 6.74. The lowest BCUT2D eigenvalue weighted by Crippen LogP contribution is -2.02. The molecule has 0 bridgehead atoms. The summed E-state index contributed by atoms with van der Waals surface area (Å²) in [5.41, 5.74) is 2.45. The van der Waals surface area contributed by atoms with Gasteiger partial charge < -0.3 is 5.32 Å². The van der Waals surface area contributed by atoms with Crippen LogP contribution in [0.25, 0.3) is 0 Å². The van der Waals surface area contributed by atoms with Gasteiger partial charge in [0.15, 0.2) is 0 Å². The van der Waals surface area contributed by atoms with Crippen LogP contribution in [-0.4, -0.2) is 19.1 Å². The molecule has 0 radical (unpaired) electrons. The number of anilines is 1. The number of hydrogen-bond acceptors (Lipinski definition) is 5. The molecule has 1 aliphatic heterocycles. The summed E-state index contributed by atoms with van der Waals surface area (Å²) in [5, 5.41) is 8.70. The average molecular weight is 249 g/mol. The van der Waals surface area contributed by atoms with Crippen LogP contribution in [0.5, 0.6) is 0 Å². The lowest BCUT2D eigenvalue weighted by Gasteiger charge is -1.98. The summed E-state index contributed by atoms with van der Waals surface area (Å²) in [6.45, 7) is 3.86. The molecule has 2 aromatic rings. The zero-order valence-electron chi connectivity index (χ0n) is 9.81. The summed E-state index contributed by atoms with van der Waals surface area (Å²) in [5.74, 6) is 0.907. The fourth-order valence-electron chi connectivity index (χ4n) is 2.04. The molecule has 1 N–H and O–H groups in total. The molecule has 0 fully saturated rings. The summed E-state index contributed by atoms with van der Waals surface area (Å²) in [6, 6.07) is 2.18. The van der Waals surface area contributed by atoms with Crippen molar-refractivity contribution in [2.45, 2.75) is 39.3 Å². The maximum Gasteiger partial charge on any atom is 0.202 e. The van der Waals surface area contributed by atoms with Crippen molar-refractivity contribution >= 4 is 16.7 Å². The molecule has 0 amide bonds. The van der Waals surface area contributed by atoms with E-state index in [1.807, 2.05) is 0 Å². The Morgan fingerprint density at radius 3 is 3.24 bits per heavy atom. The molecule has 0 unspecified atom stereocenters. The van der Waals surface area contributed by atoms with Crippen molar-refractivity contribution < 1.29 is 0 Å². The predicted molar refractivity (Wildman–Crippen MR) is 67.2 cm³/mol. The van der Waals surface area contributed by atoms with Gasteiger partial charge in [0.1, 0.15) is 5.82 Å². The molecular weight excluding hydrogens is 234 g/mol. The number of aromatic nitrogens is 4. The van der Waals surface area contributed by atoms with E-state index in [0.717, 1.165) is 42.6 Å². The van der Waals surface area contributed by atoms with Crippen LogP contribution in [-0.2, 0) is 25.9 Å². The highest BCUT2D eigenvalue weighted by Crippen LogP contribution is 2.17. The van der Waals surface area contributed by atoms with E-state index in [4.69, 9.17) is 0 Å².